The van der Waals surface area contributed by atoms with Crippen LogP contribution in [-0.2, 0) is 9.59 Å². The molecule has 2 aliphatic rings. The number of amides is 2. The van der Waals surface area contributed by atoms with Gasteiger partial charge in [0.25, 0.3) is 0 Å². The zero-order valence-corrected chi connectivity index (χ0v) is 11.7. The molecule has 9 heteroatoms. The van der Waals surface area contributed by atoms with E-state index >= 15 is 0 Å². The average Bonchev–Trinajstić information content (AvgIpc) is 3.07. The summed E-state index contributed by atoms with van der Waals surface area (Å²) < 4.78 is 37.7. The predicted octanol–water partition coefficient (Wildman–Crippen LogP) is 0.0614. The van der Waals surface area contributed by atoms with Crippen LogP contribution in [0.5, 0.6) is 0 Å². The minimum Gasteiger partial charge on any atom is -0.356 e. The molecule has 22 heavy (non-hydrogen) atoms. The maximum atomic E-state index is 12.6. The Balaban J connectivity index is 1.85. The summed E-state index contributed by atoms with van der Waals surface area (Å²) in [6, 6.07) is 0.0435. The molecule has 2 fully saturated rings. The fraction of sp³-hybridized carbons (Fsp3) is 0.769. The highest BCUT2D eigenvalue weighted by Crippen LogP contribution is 2.32. The molecule has 2 rings (SSSR count). The first-order valence-electron chi connectivity index (χ1n) is 7.09. The third kappa shape index (κ3) is 3.88. The molecule has 4 atom stereocenters. The van der Waals surface area contributed by atoms with Crippen molar-refractivity contribution in [2.24, 2.45) is 11.8 Å². The third-order valence-electron chi connectivity index (χ3n) is 4.07. The van der Waals surface area contributed by atoms with Crippen molar-refractivity contribution in [1.82, 2.24) is 16.0 Å². The van der Waals surface area contributed by atoms with Crippen LogP contribution in [0, 0.1) is 23.2 Å². The quantitative estimate of drug-likeness (QED) is 0.683. The lowest BCUT2D eigenvalue weighted by Crippen LogP contribution is -2.45. The summed E-state index contributed by atoms with van der Waals surface area (Å²) in [4.78, 5) is 23.4. The normalized spacial score (nSPS) is 29.7. The SMILES string of the molecule is N#C[C@H](C[C@@H]1CCNC1=O)NC(=O)[C@@H]1CC(C(F)(F)F)CN1. The summed E-state index contributed by atoms with van der Waals surface area (Å²) in [6.45, 7) is 0.233. The van der Waals surface area contributed by atoms with Gasteiger partial charge >= 0.3 is 6.18 Å². The van der Waals surface area contributed by atoms with Gasteiger partial charge in [0.1, 0.15) is 6.04 Å². The van der Waals surface area contributed by atoms with Gasteiger partial charge in [0.05, 0.1) is 18.0 Å². The number of nitrogens with zero attached hydrogens (tertiary/aromatic N) is 1. The van der Waals surface area contributed by atoms with Crippen molar-refractivity contribution in [2.75, 3.05) is 13.1 Å². The molecule has 0 aromatic carbocycles. The van der Waals surface area contributed by atoms with Gasteiger partial charge < -0.3 is 16.0 Å². The maximum Gasteiger partial charge on any atom is 0.393 e. The number of rotatable bonds is 4. The number of hydrogen-bond acceptors (Lipinski definition) is 4. The molecule has 1 unspecified atom stereocenters. The average molecular weight is 318 g/mol. The molecule has 0 aromatic rings. The van der Waals surface area contributed by atoms with Crippen LogP contribution < -0.4 is 16.0 Å². The van der Waals surface area contributed by atoms with Crippen molar-refractivity contribution >= 4 is 11.8 Å². The number of hydrogen-bond donors (Lipinski definition) is 3. The van der Waals surface area contributed by atoms with Gasteiger partial charge in [-0.25, -0.2) is 0 Å². The molecule has 0 bridgehead atoms. The van der Waals surface area contributed by atoms with Gasteiger partial charge in [0.2, 0.25) is 11.8 Å². The van der Waals surface area contributed by atoms with E-state index in [1.807, 2.05) is 6.07 Å². The van der Waals surface area contributed by atoms with Crippen LogP contribution in [0.4, 0.5) is 13.2 Å². The van der Waals surface area contributed by atoms with Crippen molar-refractivity contribution in [2.45, 2.75) is 37.5 Å². The minimum atomic E-state index is -4.33. The fourth-order valence-corrected chi connectivity index (χ4v) is 2.76. The predicted molar refractivity (Wildman–Crippen MR) is 69.2 cm³/mol. The van der Waals surface area contributed by atoms with E-state index in [-0.39, 0.29) is 31.2 Å². The first kappa shape index (κ1) is 16.5. The molecule has 122 valence electrons. The molecular weight excluding hydrogens is 301 g/mol. The third-order valence-corrected chi connectivity index (χ3v) is 4.07. The van der Waals surface area contributed by atoms with Gasteiger partial charge in [-0.3, -0.25) is 9.59 Å². The van der Waals surface area contributed by atoms with E-state index in [1.54, 1.807) is 0 Å². The Hall–Kier alpha value is -1.82. The zero-order chi connectivity index (χ0) is 16.3. The minimum absolute atomic E-state index is 0.161. The second-order valence-corrected chi connectivity index (χ2v) is 5.64. The number of nitriles is 1. The molecule has 0 spiro atoms. The van der Waals surface area contributed by atoms with Crippen LogP contribution in [0.15, 0.2) is 0 Å². The Morgan fingerprint density at radius 1 is 1.50 bits per heavy atom. The second-order valence-electron chi connectivity index (χ2n) is 5.64. The van der Waals surface area contributed by atoms with Gasteiger partial charge in [-0.2, -0.15) is 18.4 Å². The number of nitrogens with one attached hydrogen (secondary N) is 3. The highest BCUT2D eigenvalue weighted by Gasteiger charge is 2.46. The first-order valence-corrected chi connectivity index (χ1v) is 7.09. The highest BCUT2D eigenvalue weighted by molar-refractivity contribution is 5.83. The largest absolute Gasteiger partial charge is 0.393 e. The van der Waals surface area contributed by atoms with Gasteiger partial charge in [-0.1, -0.05) is 0 Å². The molecule has 6 nitrogen and oxygen atoms in total. The Morgan fingerprint density at radius 3 is 2.73 bits per heavy atom. The molecule has 3 N–H and O–H groups in total. The van der Waals surface area contributed by atoms with E-state index in [4.69, 9.17) is 5.26 Å². The number of carbonyl (C=O) groups is 2. The lowest BCUT2D eigenvalue weighted by Gasteiger charge is -2.17. The summed E-state index contributed by atoms with van der Waals surface area (Å²) in [6.07, 6.45) is -3.91. The van der Waals surface area contributed by atoms with Crippen LogP contribution in [0.25, 0.3) is 0 Å². The Morgan fingerprint density at radius 2 is 2.23 bits per heavy atom. The monoisotopic (exact) mass is 318 g/mol. The molecule has 0 saturated carbocycles. The number of carbonyl (C=O) groups excluding carboxylic acids is 2. The van der Waals surface area contributed by atoms with Crippen LogP contribution in [-0.4, -0.2) is 43.2 Å². The molecule has 0 aromatic heterocycles. The maximum absolute atomic E-state index is 12.6. The molecular formula is C13H17F3N4O2. The first-order chi connectivity index (χ1) is 10.3. The summed E-state index contributed by atoms with van der Waals surface area (Å²) in [5.41, 5.74) is 0. The van der Waals surface area contributed by atoms with Gasteiger partial charge in [-0.15, -0.1) is 0 Å². The molecule has 2 aliphatic heterocycles. The van der Waals surface area contributed by atoms with Crippen molar-refractivity contribution in [3.8, 4) is 6.07 Å². The Bertz CT molecular complexity index is 489. The lowest BCUT2D eigenvalue weighted by atomic mass is 9.98. The van der Waals surface area contributed by atoms with E-state index in [2.05, 4.69) is 16.0 Å². The van der Waals surface area contributed by atoms with Crippen molar-refractivity contribution in [3.05, 3.63) is 0 Å². The van der Waals surface area contributed by atoms with E-state index in [0.29, 0.717) is 13.0 Å². The van der Waals surface area contributed by atoms with Crippen molar-refractivity contribution < 1.29 is 22.8 Å². The van der Waals surface area contributed by atoms with Crippen LogP contribution >= 0.6 is 0 Å². The van der Waals surface area contributed by atoms with E-state index < -0.39 is 30.1 Å². The number of alkyl halides is 3. The van der Waals surface area contributed by atoms with Crippen LogP contribution in [0.3, 0.4) is 0 Å². The second kappa shape index (κ2) is 6.52. The van der Waals surface area contributed by atoms with Crippen LogP contribution in [0.1, 0.15) is 19.3 Å². The van der Waals surface area contributed by atoms with Crippen molar-refractivity contribution in [1.29, 1.82) is 5.26 Å². The van der Waals surface area contributed by atoms with E-state index in [9.17, 15) is 22.8 Å². The lowest BCUT2D eigenvalue weighted by molar-refractivity contribution is -0.169. The van der Waals surface area contributed by atoms with E-state index in [1.165, 1.54) is 0 Å². The molecule has 2 heterocycles. The van der Waals surface area contributed by atoms with Gasteiger partial charge in [-0.05, 0) is 19.3 Å². The van der Waals surface area contributed by atoms with Gasteiger partial charge in [0, 0.05) is 19.0 Å². The summed E-state index contributed by atoms with van der Waals surface area (Å²) in [5, 5.41) is 16.6. The standard InChI is InChI=1S/C13H17F3N4O2/c14-13(15,16)8-4-10(19-6-8)12(22)20-9(5-17)3-7-1-2-18-11(7)21/h7-10,19H,1-4,6H2,(H,18,21)(H,20,22)/t7-,8?,9-,10-/m0/s1. The summed E-state index contributed by atoms with van der Waals surface area (Å²) in [5.74, 6) is -2.68. The zero-order valence-electron chi connectivity index (χ0n) is 11.7. The van der Waals surface area contributed by atoms with E-state index in [0.717, 1.165) is 0 Å². The number of halogens is 3. The van der Waals surface area contributed by atoms with Gasteiger partial charge in [0.15, 0.2) is 0 Å². The topological polar surface area (TPSA) is 94.0 Å². The Kier molecular flexibility index (Phi) is 4.90. The highest BCUT2D eigenvalue weighted by atomic mass is 19.4. The fourth-order valence-electron chi connectivity index (χ4n) is 2.76. The Labute approximate surface area is 125 Å². The molecule has 0 radical (unpaired) electrons. The molecule has 2 saturated heterocycles. The summed E-state index contributed by atoms with van der Waals surface area (Å²) in [7, 11) is 0. The molecule has 0 aliphatic carbocycles. The van der Waals surface area contributed by atoms with Crippen molar-refractivity contribution in [3.63, 3.8) is 0 Å². The summed E-state index contributed by atoms with van der Waals surface area (Å²) >= 11 is 0. The smallest absolute Gasteiger partial charge is 0.356 e. The van der Waals surface area contributed by atoms with Crippen LogP contribution in [0.2, 0.25) is 0 Å². The molecule has 2 amide bonds.